The molecule has 216 valence electrons. The molecule has 1 aliphatic rings. The zero-order chi connectivity index (χ0) is 30.2. The number of benzene rings is 3. The summed E-state index contributed by atoms with van der Waals surface area (Å²) in [4.78, 5) is 24.2. The van der Waals surface area contributed by atoms with Gasteiger partial charge in [-0.05, 0) is 85.0 Å². The predicted octanol–water partition coefficient (Wildman–Crippen LogP) is 7.61. The van der Waals surface area contributed by atoms with Crippen LogP contribution in [0, 0.1) is 11.3 Å². The number of hydrogen-bond acceptors (Lipinski definition) is 6. The number of anilines is 2. The maximum Gasteiger partial charge on any atom is 0.253 e. The predicted molar refractivity (Wildman–Crippen MR) is 173 cm³/mol. The van der Waals surface area contributed by atoms with Crippen LogP contribution in [-0.2, 0) is 0 Å². The normalized spacial score (nSPS) is 13.1. The fourth-order valence-electron chi connectivity index (χ4n) is 5.93. The summed E-state index contributed by atoms with van der Waals surface area (Å²) in [6.45, 7) is 5.89. The summed E-state index contributed by atoms with van der Waals surface area (Å²) in [5.41, 5.74) is 8.04. The van der Waals surface area contributed by atoms with Gasteiger partial charge in [0.05, 0.1) is 33.5 Å². The second-order valence-electron chi connectivity index (χ2n) is 11.5. The van der Waals surface area contributed by atoms with Gasteiger partial charge in [0, 0.05) is 47.7 Å². The molecular formula is C36H31N7O. The molecule has 4 heterocycles. The number of hydrogen-bond donors (Lipinski definition) is 1. The molecule has 7 rings (SSSR count). The van der Waals surface area contributed by atoms with Gasteiger partial charge >= 0.3 is 0 Å². The minimum atomic E-state index is 0.0617. The molecule has 8 heteroatoms. The van der Waals surface area contributed by atoms with Crippen LogP contribution in [0.5, 0.6) is 0 Å². The average Bonchev–Trinajstić information content (AvgIpc) is 3.74. The fraction of sp³-hybridized carbons (Fsp3) is 0.194. The van der Waals surface area contributed by atoms with Gasteiger partial charge in [-0.25, -0.2) is 9.67 Å². The molecule has 0 saturated carbocycles. The summed E-state index contributed by atoms with van der Waals surface area (Å²) >= 11 is 0. The molecule has 1 amide bonds. The first kappa shape index (κ1) is 27.3. The minimum Gasteiger partial charge on any atom is -0.354 e. The molecule has 8 nitrogen and oxygen atoms in total. The Kier molecular flexibility index (Phi) is 6.99. The van der Waals surface area contributed by atoms with Crippen LogP contribution in [0.15, 0.2) is 91.3 Å². The number of carbonyl (C=O) groups excluding carboxylic acids is 1. The topological polar surface area (TPSA) is 99.7 Å². The van der Waals surface area contributed by atoms with Gasteiger partial charge in [-0.15, -0.1) is 0 Å². The number of fused-ring (bicyclic) bond motifs is 2. The van der Waals surface area contributed by atoms with Crippen molar-refractivity contribution in [1.82, 2.24) is 24.6 Å². The van der Waals surface area contributed by atoms with Crippen molar-refractivity contribution >= 4 is 39.2 Å². The fourth-order valence-corrected chi connectivity index (χ4v) is 5.93. The molecule has 3 aromatic carbocycles. The van der Waals surface area contributed by atoms with Gasteiger partial charge in [0.15, 0.2) is 5.65 Å². The van der Waals surface area contributed by atoms with Crippen molar-refractivity contribution in [3.8, 4) is 22.9 Å². The van der Waals surface area contributed by atoms with E-state index in [1.807, 2.05) is 82.6 Å². The van der Waals surface area contributed by atoms with Crippen molar-refractivity contribution < 1.29 is 4.79 Å². The first-order valence-electron chi connectivity index (χ1n) is 14.9. The maximum absolute atomic E-state index is 12.8. The van der Waals surface area contributed by atoms with Crippen LogP contribution in [0.2, 0.25) is 0 Å². The van der Waals surface area contributed by atoms with Crippen molar-refractivity contribution in [2.24, 2.45) is 0 Å². The second-order valence-corrected chi connectivity index (χ2v) is 11.5. The molecule has 1 N–H and O–H groups in total. The van der Waals surface area contributed by atoms with Gasteiger partial charge in [-0.1, -0.05) is 32.0 Å². The SMILES string of the molecule is CC(C)c1nn(-c2ccc(C#N)c(Nc3ccc(C(=O)N4CCCC4)cc3)c2)c2nccc(-c3cnc4ccccc4c3)c12. The highest BCUT2D eigenvalue weighted by atomic mass is 16.2. The Labute approximate surface area is 255 Å². The Hall–Kier alpha value is -5.55. The van der Waals surface area contributed by atoms with Crippen LogP contribution < -0.4 is 5.32 Å². The van der Waals surface area contributed by atoms with E-state index in [1.54, 1.807) is 6.07 Å². The summed E-state index contributed by atoms with van der Waals surface area (Å²) in [6, 6.07) is 27.6. The van der Waals surface area contributed by atoms with Gasteiger partial charge in [0.1, 0.15) is 6.07 Å². The number of likely N-dealkylation sites (tertiary alicyclic amines) is 1. The lowest BCUT2D eigenvalue weighted by Gasteiger charge is -2.16. The van der Waals surface area contributed by atoms with Crippen molar-refractivity contribution in [2.45, 2.75) is 32.6 Å². The van der Waals surface area contributed by atoms with E-state index in [0.717, 1.165) is 76.1 Å². The van der Waals surface area contributed by atoms with Crippen LogP contribution in [0.25, 0.3) is 38.8 Å². The molecule has 0 radical (unpaired) electrons. The molecule has 0 unspecified atom stereocenters. The highest BCUT2D eigenvalue weighted by Gasteiger charge is 2.21. The smallest absolute Gasteiger partial charge is 0.253 e. The Morgan fingerprint density at radius 2 is 1.75 bits per heavy atom. The molecule has 44 heavy (non-hydrogen) atoms. The number of para-hydroxylation sites is 1. The quantitative estimate of drug-likeness (QED) is 0.219. The summed E-state index contributed by atoms with van der Waals surface area (Å²) in [5.74, 6) is 0.208. The molecule has 6 aromatic rings. The summed E-state index contributed by atoms with van der Waals surface area (Å²) in [6.07, 6.45) is 5.83. The first-order chi connectivity index (χ1) is 21.5. The highest BCUT2D eigenvalue weighted by molar-refractivity contribution is 5.98. The van der Waals surface area contributed by atoms with E-state index in [0.29, 0.717) is 16.8 Å². The third kappa shape index (κ3) is 4.92. The molecule has 1 saturated heterocycles. The molecule has 0 bridgehead atoms. The number of rotatable bonds is 6. The minimum absolute atomic E-state index is 0.0617. The van der Waals surface area contributed by atoms with Crippen LogP contribution in [0.4, 0.5) is 11.4 Å². The van der Waals surface area contributed by atoms with Gasteiger partial charge in [0.25, 0.3) is 5.91 Å². The zero-order valence-electron chi connectivity index (χ0n) is 24.7. The number of pyridine rings is 2. The van der Waals surface area contributed by atoms with E-state index in [4.69, 9.17) is 15.1 Å². The summed E-state index contributed by atoms with van der Waals surface area (Å²) in [5, 5.41) is 20.4. The molecular weight excluding hydrogens is 546 g/mol. The Morgan fingerprint density at radius 3 is 2.52 bits per heavy atom. The molecule has 0 aliphatic carbocycles. The lowest BCUT2D eigenvalue weighted by molar-refractivity contribution is 0.0793. The Bertz CT molecular complexity index is 2070. The van der Waals surface area contributed by atoms with E-state index in [1.165, 1.54) is 0 Å². The number of nitriles is 1. The second kappa shape index (κ2) is 11.3. The highest BCUT2D eigenvalue weighted by Crippen LogP contribution is 2.36. The number of nitrogens with zero attached hydrogens (tertiary/aromatic N) is 6. The summed E-state index contributed by atoms with van der Waals surface area (Å²) in [7, 11) is 0. The van der Waals surface area contributed by atoms with Crippen LogP contribution in [-0.4, -0.2) is 43.6 Å². The molecule has 1 aliphatic heterocycles. The number of nitrogens with one attached hydrogen (secondary N) is 1. The van der Waals surface area contributed by atoms with Crippen molar-refractivity contribution in [3.05, 3.63) is 108 Å². The van der Waals surface area contributed by atoms with Gasteiger partial charge in [-0.2, -0.15) is 10.4 Å². The van der Waals surface area contributed by atoms with E-state index < -0.39 is 0 Å². The van der Waals surface area contributed by atoms with E-state index in [2.05, 4.69) is 37.4 Å². The maximum atomic E-state index is 12.8. The van der Waals surface area contributed by atoms with Gasteiger partial charge < -0.3 is 10.2 Å². The standard InChI is InChI=1S/C36H31N7O/c1-23(2)34-33-30(27-19-25-7-3-4-8-31(25)39-22-27)15-16-38-35(33)43(41-34)29-14-11-26(21-37)32(20-29)40-28-12-9-24(10-13-28)36(44)42-17-5-6-18-42/h3-4,7-16,19-20,22-23,40H,5-6,17-18H2,1-2H3. The molecule has 1 fully saturated rings. The van der Waals surface area contributed by atoms with Crippen molar-refractivity contribution in [1.29, 1.82) is 5.26 Å². The monoisotopic (exact) mass is 577 g/mol. The largest absolute Gasteiger partial charge is 0.354 e. The van der Waals surface area contributed by atoms with Crippen molar-refractivity contribution in [2.75, 3.05) is 18.4 Å². The van der Waals surface area contributed by atoms with E-state index in [-0.39, 0.29) is 11.8 Å². The third-order valence-electron chi connectivity index (χ3n) is 8.22. The van der Waals surface area contributed by atoms with Crippen LogP contribution >= 0.6 is 0 Å². The molecule has 0 atom stereocenters. The van der Waals surface area contributed by atoms with E-state index in [9.17, 15) is 10.1 Å². The third-order valence-corrected chi connectivity index (χ3v) is 8.22. The first-order valence-corrected chi connectivity index (χ1v) is 14.9. The number of amides is 1. The zero-order valence-corrected chi connectivity index (χ0v) is 24.7. The van der Waals surface area contributed by atoms with E-state index >= 15 is 0 Å². The molecule has 3 aromatic heterocycles. The van der Waals surface area contributed by atoms with Gasteiger partial charge in [-0.3, -0.25) is 9.78 Å². The van der Waals surface area contributed by atoms with Gasteiger partial charge in [0.2, 0.25) is 0 Å². The Balaban J connectivity index is 1.27. The van der Waals surface area contributed by atoms with Crippen LogP contribution in [0.3, 0.4) is 0 Å². The Morgan fingerprint density at radius 1 is 0.955 bits per heavy atom. The molecule has 0 spiro atoms. The average molecular weight is 578 g/mol. The summed E-state index contributed by atoms with van der Waals surface area (Å²) < 4.78 is 1.85. The number of carbonyl (C=O) groups is 1. The lowest BCUT2D eigenvalue weighted by Crippen LogP contribution is -2.27. The van der Waals surface area contributed by atoms with Crippen LogP contribution in [0.1, 0.15) is 54.2 Å². The number of aromatic nitrogens is 4. The van der Waals surface area contributed by atoms with Crippen molar-refractivity contribution in [3.63, 3.8) is 0 Å². The lowest BCUT2D eigenvalue weighted by atomic mass is 9.98.